The zero-order valence-electron chi connectivity index (χ0n) is 25.4. The van der Waals surface area contributed by atoms with Crippen LogP contribution in [0.4, 0.5) is 4.39 Å². The Balaban J connectivity index is 1.23. The van der Waals surface area contributed by atoms with Crippen molar-refractivity contribution >= 4 is 31.7 Å². The van der Waals surface area contributed by atoms with Crippen molar-refractivity contribution in [2.45, 2.75) is 42.5 Å². The Hall–Kier alpha value is -3.61. The van der Waals surface area contributed by atoms with Gasteiger partial charge in [-0.1, -0.05) is 42.8 Å². The maximum atomic E-state index is 13.6. The second-order valence-corrected chi connectivity index (χ2v) is 16.0. The zero-order chi connectivity index (χ0) is 32.4. The Morgan fingerprint density at radius 2 is 1.42 bits per heavy atom. The molecule has 1 saturated heterocycles. The average Bonchev–Trinajstić information content (AvgIpc) is 3.79. The summed E-state index contributed by atoms with van der Waals surface area (Å²) in [6, 6.07) is 19.2. The second-order valence-electron chi connectivity index (χ2n) is 12.0. The molecule has 5 rings (SSSR count). The second kappa shape index (κ2) is 13.4. The van der Waals surface area contributed by atoms with Gasteiger partial charge in [-0.3, -0.25) is 9.59 Å². The summed E-state index contributed by atoms with van der Waals surface area (Å²) in [7, 11) is -6.66. The minimum Gasteiger partial charge on any atom is -0.340 e. The van der Waals surface area contributed by atoms with Crippen LogP contribution in [0.3, 0.4) is 0 Å². The Morgan fingerprint density at radius 3 is 1.98 bits per heavy atom. The van der Waals surface area contributed by atoms with Gasteiger partial charge in [-0.05, 0) is 84.2 Å². The molecule has 2 amide bonds. The number of sulfonamides is 1. The van der Waals surface area contributed by atoms with Crippen LogP contribution in [0.2, 0.25) is 0 Å². The molecule has 12 heteroatoms. The lowest BCUT2D eigenvalue weighted by Gasteiger charge is -2.35. The van der Waals surface area contributed by atoms with Gasteiger partial charge in [-0.25, -0.2) is 21.2 Å². The van der Waals surface area contributed by atoms with Gasteiger partial charge in [0.15, 0.2) is 9.84 Å². The molecule has 2 aliphatic rings. The number of nitrogens with zero attached hydrogens (tertiary/aromatic N) is 2. The smallest absolute Gasteiger partial charge is 0.251 e. The van der Waals surface area contributed by atoms with Gasteiger partial charge in [0.25, 0.3) is 5.91 Å². The number of halogens is 1. The largest absolute Gasteiger partial charge is 0.340 e. The summed E-state index contributed by atoms with van der Waals surface area (Å²) in [6.07, 6.45) is 5.34. The van der Waals surface area contributed by atoms with E-state index in [2.05, 4.69) is 5.32 Å². The molecular formula is C33H38FN3O6S2. The van der Waals surface area contributed by atoms with Crippen molar-refractivity contribution in [1.29, 1.82) is 0 Å². The summed E-state index contributed by atoms with van der Waals surface area (Å²) in [6.45, 7) is 0.916. The van der Waals surface area contributed by atoms with E-state index in [9.17, 15) is 30.8 Å². The van der Waals surface area contributed by atoms with Gasteiger partial charge in [-0.2, -0.15) is 4.31 Å². The lowest BCUT2D eigenvalue weighted by Crippen LogP contribution is -2.55. The van der Waals surface area contributed by atoms with E-state index in [-0.39, 0.29) is 42.8 Å². The van der Waals surface area contributed by atoms with Crippen molar-refractivity contribution in [3.05, 3.63) is 89.7 Å². The molecule has 240 valence electrons. The van der Waals surface area contributed by atoms with Crippen molar-refractivity contribution in [2.24, 2.45) is 5.92 Å². The number of amides is 2. The molecule has 0 radical (unpaired) electrons. The average molecular weight is 656 g/mol. The first-order valence-electron chi connectivity index (χ1n) is 15.0. The van der Waals surface area contributed by atoms with Crippen molar-refractivity contribution in [2.75, 3.05) is 38.7 Å². The first-order chi connectivity index (χ1) is 21.3. The fraction of sp³-hybridized carbons (Fsp3) is 0.394. The summed E-state index contributed by atoms with van der Waals surface area (Å²) >= 11 is 0. The topological polar surface area (TPSA) is 121 Å². The predicted octanol–water partition coefficient (Wildman–Crippen LogP) is 4.07. The van der Waals surface area contributed by atoms with Crippen LogP contribution in [-0.4, -0.2) is 82.6 Å². The first-order valence-corrected chi connectivity index (χ1v) is 18.7. The van der Waals surface area contributed by atoms with E-state index in [0.717, 1.165) is 42.0 Å². The van der Waals surface area contributed by atoms with Crippen LogP contribution in [0.5, 0.6) is 0 Å². The molecule has 3 aromatic rings. The van der Waals surface area contributed by atoms with Gasteiger partial charge >= 0.3 is 0 Å². The molecule has 0 unspecified atom stereocenters. The molecule has 1 N–H and O–H groups in total. The Bertz CT molecular complexity index is 1740. The van der Waals surface area contributed by atoms with E-state index < -0.39 is 31.8 Å². The highest BCUT2D eigenvalue weighted by Crippen LogP contribution is 2.50. The van der Waals surface area contributed by atoms with Gasteiger partial charge in [0.2, 0.25) is 15.9 Å². The van der Waals surface area contributed by atoms with Gasteiger partial charge in [0, 0.05) is 38.0 Å². The molecule has 3 aromatic carbocycles. The van der Waals surface area contributed by atoms with E-state index in [4.69, 9.17) is 0 Å². The summed E-state index contributed by atoms with van der Waals surface area (Å²) in [5, 5.41) is 2.93. The molecule has 45 heavy (non-hydrogen) atoms. The minimum absolute atomic E-state index is 0.208. The lowest BCUT2D eigenvalue weighted by atomic mass is 10.0. The van der Waals surface area contributed by atoms with Crippen molar-refractivity contribution in [3.63, 3.8) is 0 Å². The first kappa shape index (κ1) is 32.8. The molecule has 1 saturated carbocycles. The van der Waals surface area contributed by atoms with Crippen LogP contribution < -0.4 is 5.32 Å². The highest BCUT2D eigenvalue weighted by Gasteiger charge is 2.38. The predicted molar refractivity (Wildman–Crippen MR) is 170 cm³/mol. The highest BCUT2D eigenvalue weighted by atomic mass is 32.2. The lowest BCUT2D eigenvalue weighted by molar-refractivity contribution is -0.134. The maximum Gasteiger partial charge on any atom is 0.251 e. The Morgan fingerprint density at radius 1 is 0.844 bits per heavy atom. The molecule has 0 spiro atoms. The van der Waals surface area contributed by atoms with Crippen molar-refractivity contribution < 1.29 is 30.8 Å². The third-order valence-corrected chi connectivity index (χ3v) is 11.1. The fourth-order valence-corrected chi connectivity index (χ4v) is 7.39. The van der Waals surface area contributed by atoms with E-state index in [1.165, 1.54) is 16.4 Å². The molecule has 9 nitrogen and oxygen atoms in total. The molecular weight excluding hydrogens is 618 g/mol. The fourth-order valence-electron chi connectivity index (χ4n) is 5.94. The summed E-state index contributed by atoms with van der Waals surface area (Å²) in [5.74, 6) is -0.0650. The van der Waals surface area contributed by atoms with Gasteiger partial charge < -0.3 is 10.2 Å². The molecule has 1 heterocycles. The van der Waals surface area contributed by atoms with E-state index >= 15 is 0 Å². The molecule has 1 aliphatic carbocycles. The zero-order valence-corrected chi connectivity index (χ0v) is 27.0. The van der Waals surface area contributed by atoms with Crippen molar-refractivity contribution in [3.8, 4) is 11.1 Å². The Labute approximate surface area is 264 Å². The monoisotopic (exact) mass is 655 g/mol. The van der Waals surface area contributed by atoms with Crippen LogP contribution in [0.15, 0.2) is 77.7 Å². The molecule has 2 fully saturated rings. The van der Waals surface area contributed by atoms with Gasteiger partial charge in [-0.15, -0.1) is 0 Å². The summed E-state index contributed by atoms with van der Waals surface area (Å²) in [5.41, 5.74) is 3.10. The number of carbonyl (C=O) groups excluding carboxylic acids is 2. The SMILES string of the molecule is CS(=O)(=O)c1ccc(-c2ccc(C(=O)N[C@@H](CCC[C@@H]3C[C@H]3c3ccc(F)cc3)C(=O)N3CCN(S(C)(=O)=O)CC3)cc2)cc1. The summed E-state index contributed by atoms with van der Waals surface area (Å²) in [4.78, 5) is 28.8. The van der Waals surface area contributed by atoms with E-state index in [1.54, 1.807) is 53.4 Å². The van der Waals surface area contributed by atoms with Crippen molar-refractivity contribution in [1.82, 2.24) is 14.5 Å². The van der Waals surface area contributed by atoms with E-state index in [0.29, 0.717) is 30.2 Å². The number of benzene rings is 3. The van der Waals surface area contributed by atoms with E-state index in [1.807, 2.05) is 12.1 Å². The van der Waals surface area contributed by atoms with Crippen LogP contribution >= 0.6 is 0 Å². The quantitative estimate of drug-likeness (QED) is 0.333. The highest BCUT2D eigenvalue weighted by molar-refractivity contribution is 7.90. The Kier molecular flexibility index (Phi) is 9.76. The third kappa shape index (κ3) is 8.36. The van der Waals surface area contributed by atoms with Crippen LogP contribution in [-0.2, 0) is 24.7 Å². The number of rotatable bonds is 11. The third-order valence-electron chi connectivity index (χ3n) is 8.67. The number of carbonyl (C=O) groups is 2. The number of piperazine rings is 1. The molecule has 0 aromatic heterocycles. The standard InChI is InChI=1S/C33H38FN3O6S2/c1-44(40,41)29-16-12-24(13-17-29)23-6-8-26(9-7-23)32(38)35-31(33(39)36-18-20-37(21-19-36)45(2,42)43)5-3-4-27-22-30(27)25-10-14-28(34)15-11-25/h6-17,27,30-31H,3-5,18-22H2,1-2H3,(H,35,38)/t27-,30+,31+/m1/s1. The van der Waals surface area contributed by atoms with Crippen LogP contribution in [0.25, 0.3) is 11.1 Å². The number of sulfone groups is 1. The van der Waals surface area contributed by atoms with Gasteiger partial charge in [0.05, 0.1) is 11.2 Å². The summed E-state index contributed by atoms with van der Waals surface area (Å²) < 4.78 is 62.1. The van der Waals surface area contributed by atoms with Crippen LogP contribution in [0, 0.1) is 11.7 Å². The van der Waals surface area contributed by atoms with Gasteiger partial charge in [0.1, 0.15) is 11.9 Å². The normalized spacial score (nSPS) is 19.6. The maximum absolute atomic E-state index is 13.6. The molecule has 3 atom stereocenters. The van der Waals surface area contributed by atoms with Crippen LogP contribution in [0.1, 0.15) is 47.5 Å². The molecule has 1 aliphatic heterocycles. The number of hydrogen-bond donors (Lipinski definition) is 1. The number of nitrogens with one attached hydrogen (secondary N) is 1. The molecule has 0 bridgehead atoms. The number of hydrogen-bond acceptors (Lipinski definition) is 6. The minimum atomic E-state index is -3.35.